The van der Waals surface area contributed by atoms with Crippen molar-refractivity contribution in [2.75, 3.05) is 18.5 Å². The molecule has 0 bridgehead atoms. The van der Waals surface area contributed by atoms with Gasteiger partial charge < -0.3 is 14.8 Å². The highest BCUT2D eigenvalue weighted by atomic mass is 35.5. The number of carbonyl (C=O) groups is 1. The van der Waals surface area contributed by atoms with E-state index < -0.39 is 22.7 Å². The Bertz CT molecular complexity index is 794. The summed E-state index contributed by atoms with van der Waals surface area (Å²) < 4.78 is 49.6. The third-order valence-electron chi connectivity index (χ3n) is 3.34. The Hall–Kier alpha value is -2.41. The normalized spacial score (nSPS) is 11.2. The quantitative estimate of drug-likeness (QED) is 0.721. The van der Waals surface area contributed by atoms with Gasteiger partial charge in [0.15, 0.2) is 11.5 Å². The fourth-order valence-corrected chi connectivity index (χ4v) is 2.44. The maximum absolute atomic E-state index is 12.9. The zero-order valence-corrected chi connectivity index (χ0v) is 14.9. The highest BCUT2D eigenvalue weighted by Crippen LogP contribution is 2.36. The molecule has 4 nitrogen and oxygen atoms in total. The van der Waals surface area contributed by atoms with Crippen molar-refractivity contribution in [1.29, 1.82) is 0 Å². The smallest absolute Gasteiger partial charge is 0.417 e. The van der Waals surface area contributed by atoms with Gasteiger partial charge in [0.1, 0.15) is 0 Å². The largest absolute Gasteiger partial charge is 0.490 e. The molecule has 0 aromatic heterocycles. The maximum Gasteiger partial charge on any atom is 0.417 e. The summed E-state index contributed by atoms with van der Waals surface area (Å²) in [5, 5.41) is 1.99. The van der Waals surface area contributed by atoms with Gasteiger partial charge in [0, 0.05) is 11.3 Å². The highest BCUT2D eigenvalue weighted by molar-refractivity contribution is 6.31. The predicted octanol–water partition coefficient (Wildman–Crippen LogP) is 5.41. The van der Waals surface area contributed by atoms with Gasteiger partial charge in [-0.1, -0.05) is 11.6 Å². The number of alkyl halides is 3. The van der Waals surface area contributed by atoms with Crippen molar-refractivity contribution in [3.05, 3.63) is 52.5 Å². The molecule has 2 aromatic carbocycles. The Kier molecular flexibility index (Phi) is 6.37. The molecule has 0 spiro atoms. The SMILES string of the molecule is CCOc1ccc(C(=O)Nc2ccc(Cl)c(C(F)(F)F)c2)cc1OCC. The van der Waals surface area contributed by atoms with Crippen molar-refractivity contribution in [2.24, 2.45) is 0 Å². The van der Waals surface area contributed by atoms with E-state index in [2.05, 4.69) is 5.32 Å². The lowest BCUT2D eigenvalue weighted by Gasteiger charge is -2.14. The van der Waals surface area contributed by atoms with Crippen LogP contribution in [-0.4, -0.2) is 19.1 Å². The number of halogens is 4. The van der Waals surface area contributed by atoms with E-state index in [-0.39, 0.29) is 11.3 Å². The first-order valence-electron chi connectivity index (χ1n) is 7.84. The van der Waals surface area contributed by atoms with E-state index in [0.717, 1.165) is 12.1 Å². The average molecular weight is 388 g/mol. The van der Waals surface area contributed by atoms with Crippen LogP contribution in [0, 0.1) is 0 Å². The van der Waals surface area contributed by atoms with Crippen LogP contribution in [0.1, 0.15) is 29.8 Å². The van der Waals surface area contributed by atoms with E-state index >= 15 is 0 Å². The van der Waals surface area contributed by atoms with Crippen LogP contribution in [0.3, 0.4) is 0 Å². The summed E-state index contributed by atoms with van der Waals surface area (Å²) in [7, 11) is 0. The summed E-state index contributed by atoms with van der Waals surface area (Å²) in [6, 6.07) is 7.73. The van der Waals surface area contributed by atoms with Gasteiger partial charge in [-0.3, -0.25) is 4.79 Å². The van der Waals surface area contributed by atoms with Gasteiger partial charge in [0.2, 0.25) is 0 Å². The van der Waals surface area contributed by atoms with Crippen LogP contribution >= 0.6 is 11.6 Å². The summed E-state index contributed by atoms with van der Waals surface area (Å²) in [5.74, 6) is 0.287. The Labute approximate surface area is 153 Å². The summed E-state index contributed by atoms with van der Waals surface area (Å²) in [6.45, 7) is 4.40. The number of rotatable bonds is 6. The monoisotopic (exact) mass is 387 g/mol. The molecule has 8 heteroatoms. The van der Waals surface area contributed by atoms with Crippen LogP contribution in [-0.2, 0) is 6.18 Å². The minimum absolute atomic E-state index is 0.0152. The number of hydrogen-bond acceptors (Lipinski definition) is 3. The summed E-state index contributed by atoms with van der Waals surface area (Å²) in [5.41, 5.74) is -0.808. The van der Waals surface area contributed by atoms with Gasteiger partial charge in [-0.05, 0) is 50.2 Å². The molecule has 140 valence electrons. The van der Waals surface area contributed by atoms with Crippen LogP contribution in [0.2, 0.25) is 5.02 Å². The molecule has 2 aromatic rings. The average Bonchev–Trinajstić information content (AvgIpc) is 2.57. The van der Waals surface area contributed by atoms with Crippen molar-refractivity contribution >= 4 is 23.2 Å². The fourth-order valence-electron chi connectivity index (χ4n) is 2.22. The molecule has 26 heavy (non-hydrogen) atoms. The van der Waals surface area contributed by atoms with Crippen LogP contribution in [0.4, 0.5) is 18.9 Å². The standard InChI is InChI=1S/C18H17ClF3NO3/c1-3-25-15-8-5-11(9-16(15)26-4-2)17(24)23-12-6-7-14(19)13(10-12)18(20,21)22/h5-10H,3-4H2,1-2H3,(H,23,24). The molecule has 1 amide bonds. The molecular weight excluding hydrogens is 371 g/mol. The second-order valence-electron chi connectivity index (χ2n) is 5.17. The highest BCUT2D eigenvalue weighted by Gasteiger charge is 2.33. The molecule has 0 saturated carbocycles. The molecule has 0 heterocycles. The van der Waals surface area contributed by atoms with Gasteiger partial charge in [-0.2, -0.15) is 13.2 Å². The molecule has 0 atom stereocenters. The summed E-state index contributed by atoms with van der Waals surface area (Å²) >= 11 is 5.57. The third kappa shape index (κ3) is 4.82. The molecule has 1 N–H and O–H groups in total. The van der Waals surface area contributed by atoms with E-state index in [1.54, 1.807) is 13.0 Å². The summed E-state index contributed by atoms with van der Waals surface area (Å²) in [6.07, 6.45) is -4.61. The van der Waals surface area contributed by atoms with E-state index in [0.29, 0.717) is 24.7 Å². The number of nitrogens with one attached hydrogen (secondary N) is 1. The van der Waals surface area contributed by atoms with E-state index in [4.69, 9.17) is 21.1 Å². The number of ether oxygens (including phenoxy) is 2. The molecule has 0 saturated heterocycles. The van der Waals surface area contributed by atoms with Crippen LogP contribution in [0.5, 0.6) is 11.5 Å². The lowest BCUT2D eigenvalue weighted by molar-refractivity contribution is -0.137. The second-order valence-corrected chi connectivity index (χ2v) is 5.58. The Morgan fingerprint density at radius 2 is 1.69 bits per heavy atom. The van der Waals surface area contributed by atoms with Crippen molar-refractivity contribution < 1.29 is 27.4 Å². The van der Waals surface area contributed by atoms with Gasteiger partial charge in [0.05, 0.1) is 23.8 Å². The minimum Gasteiger partial charge on any atom is -0.490 e. The first-order valence-corrected chi connectivity index (χ1v) is 8.21. The van der Waals surface area contributed by atoms with Gasteiger partial charge in [-0.25, -0.2) is 0 Å². The molecule has 0 aliphatic carbocycles. The van der Waals surface area contributed by atoms with Crippen molar-refractivity contribution in [3.8, 4) is 11.5 Å². The van der Waals surface area contributed by atoms with E-state index in [1.165, 1.54) is 18.2 Å². The summed E-state index contributed by atoms with van der Waals surface area (Å²) in [4.78, 5) is 12.4. The second kappa shape index (κ2) is 8.31. The fraction of sp³-hybridized carbons (Fsp3) is 0.278. The lowest BCUT2D eigenvalue weighted by atomic mass is 10.1. The first kappa shape index (κ1) is 19.9. The number of anilines is 1. The Morgan fingerprint density at radius 1 is 1.04 bits per heavy atom. The molecular formula is C18H17ClF3NO3. The molecule has 2 rings (SSSR count). The van der Waals surface area contributed by atoms with E-state index in [1.807, 2.05) is 6.92 Å². The zero-order valence-electron chi connectivity index (χ0n) is 14.1. The van der Waals surface area contributed by atoms with E-state index in [9.17, 15) is 18.0 Å². The van der Waals surface area contributed by atoms with Crippen LogP contribution in [0.15, 0.2) is 36.4 Å². The van der Waals surface area contributed by atoms with Crippen molar-refractivity contribution in [1.82, 2.24) is 0 Å². The number of benzene rings is 2. The number of amides is 1. The topological polar surface area (TPSA) is 47.6 Å². The van der Waals surface area contributed by atoms with Crippen molar-refractivity contribution in [3.63, 3.8) is 0 Å². The van der Waals surface area contributed by atoms with Crippen LogP contribution < -0.4 is 14.8 Å². The molecule has 0 radical (unpaired) electrons. The zero-order chi connectivity index (χ0) is 19.3. The molecule has 0 aliphatic rings. The molecule has 0 unspecified atom stereocenters. The molecule has 0 aliphatic heterocycles. The number of carbonyl (C=O) groups excluding carboxylic acids is 1. The maximum atomic E-state index is 12.9. The Balaban J connectivity index is 2.26. The van der Waals surface area contributed by atoms with Gasteiger partial charge >= 0.3 is 6.18 Å². The lowest BCUT2D eigenvalue weighted by Crippen LogP contribution is -2.14. The van der Waals surface area contributed by atoms with Crippen molar-refractivity contribution in [2.45, 2.75) is 20.0 Å². The van der Waals surface area contributed by atoms with Crippen LogP contribution in [0.25, 0.3) is 0 Å². The predicted molar refractivity (Wildman–Crippen MR) is 93.2 cm³/mol. The first-order chi connectivity index (χ1) is 12.3. The third-order valence-corrected chi connectivity index (χ3v) is 3.66. The molecule has 0 fully saturated rings. The minimum atomic E-state index is -4.61. The Morgan fingerprint density at radius 3 is 2.31 bits per heavy atom. The van der Waals surface area contributed by atoms with Gasteiger partial charge in [-0.15, -0.1) is 0 Å². The number of hydrogen-bond donors (Lipinski definition) is 1. The van der Waals surface area contributed by atoms with Gasteiger partial charge in [0.25, 0.3) is 5.91 Å².